The molecule has 0 spiro atoms. The zero-order valence-corrected chi connectivity index (χ0v) is 15.9. The Hall–Kier alpha value is -1.70. The third-order valence-electron chi connectivity index (χ3n) is 4.50. The molecule has 0 aliphatic carbocycles. The lowest BCUT2D eigenvalue weighted by Crippen LogP contribution is -2.33. The number of nitrogens with one attached hydrogen (secondary N) is 1. The van der Waals surface area contributed by atoms with Gasteiger partial charge in [-0.05, 0) is 23.1 Å². The number of rotatable bonds is 6. The van der Waals surface area contributed by atoms with Crippen LogP contribution in [0.4, 0.5) is 0 Å². The summed E-state index contributed by atoms with van der Waals surface area (Å²) in [7, 11) is -3.19. The highest BCUT2D eigenvalue weighted by molar-refractivity contribution is 7.88. The predicted octanol–water partition coefficient (Wildman–Crippen LogP) is 2.07. The SMILES string of the molecule is CC(C)c1ccc(CN2CCn3nc(CNS(C)(=O)=O)cc3C2)cc1. The fourth-order valence-electron chi connectivity index (χ4n) is 3.07. The predicted molar refractivity (Wildman–Crippen MR) is 98.6 cm³/mol. The van der Waals surface area contributed by atoms with Crippen molar-refractivity contribution in [1.29, 1.82) is 0 Å². The monoisotopic (exact) mass is 362 g/mol. The number of sulfonamides is 1. The van der Waals surface area contributed by atoms with Crippen molar-refractivity contribution in [3.8, 4) is 0 Å². The summed E-state index contributed by atoms with van der Waals surface area (Å²) in [4.78, 5) is 2.40. The maximum atomic E-state index is 11.2. The molecule has 2 heterocycles. The zero-order valence-electron chi connectivity index (χ0n) is 15.1. The van der Waals surface area contributed by atoms with Crippen molar-refractivity contribution >= 4 is 10.0 Å². The smallest absolute Gasteiger partial charge is 0.209 e. The Labute approximate surface area is 149 Å². The fraction of sp³-hybridized carbons (Fsp3) is 0.500. The summed E-state index contributed by atoms with van der Waals surface area (Å²) in [5.74, 6) is 0.553. The molecule has 0 amide bonds. The molecule has 0 bridgehead atoms. The summed E-state index contributed by atoms with van der Waals surface area (Å²) in [6.07, 6.45) is 1.16. The van der Waals surface area contributed by atoms with Crippen LogP contribution in [-0.4, -0.2) is 35.9 Å². The van der Waals surface area contributed by atoms with E-state index in [0.29, 0.717) is 5.92 Å². The average Bonchev–Trinajstić information content (AvgIpc) is 2.95. The number of aromatic nitrogens is 2. The van der Waals surface area contributed by atoms with Crippen molar-refractivity contribution in [2.45, 2.75) is 45.9 Å². The van der Waals surface area contributed by atoms with Crippen LogP contribution in [0.1, 0.15) is 42.3 Å². The lowest BCUT2D eigenvalue weighted by molar-refractivity contribution is 0.205. The summed E-state index contributed by atoms with van der Waals surface area (Å²) < 4.78 is 26.9. The molecule has 1 aromatic heterocycles. The molecule has 0 unspecified atom stereocenters. The van der Waals surface area contributed by atoms with Crippen LogP contribution >= 0.6 is 0 Å². The van der Waals surface area contributed by atoms with E-state index in [1.807, 2.05) is 10.7 Å². The van der Waals surface area contributed by atoms with E-state index in [2.05, 4.69) is 52.8 Å². The maximum absolute atomic E-state index is 11.2. The minimum atomic E-state index is -3.19. The summed E-state index contributed by atoms with van der Waals surface area (Å²) in [6, 6.07) is 10.8. The summed E-state index contributed by atoms with van der Waals surface area (Å²) in [6.45, 7) is 8.18. The second-order valence-electron chi connectivity index (χ2n) is 7.05. The van der Waals surface area contributed by atoms with E-state index in [1.165, 1.54) is 11.1 Å². The molecule has 2 aromatic rings. The zero-order chi connectivity index (χ0) is 18.0. The molecule has 1 aliphatic heterocycles. The Morgan fingerprint density at radius 2 is 1.92 bits per heavy atom. The largest absolute Gasteiger partial charge is 0.291 e. The lowest BCUT2D eigenvalue weighted by Gasteiger charge is -2.27. The molecule has 0 radical (unpaired) electrons. The van der Waals surface area contributed by atoms with Crippen molar-refractivity contribution in [1.82, 2.24) is 19.4 Å². The van der Waals surface area contributed by atoms with Crippen LogP contribution in [0, 0.1) is 0 Å². The number of benzene rings is 1. The van der Waals surface area contributed by atoms with Gasteiger partial charge in [-0.3, -0.25) is 9.58 Å². The van der Waals surface area contributed by atoms with Gasteiger partial charge in [0.2, 0.25) is 10.0 Å². The van der Waals surface area contributed by atoms with Crippen molar-refractivity contribution in [3.63, 3.8) is 0 Å². The van der Waals surface area contributed by atoms with E-state index in [-0.39, 0.29) is 6.54 Å². The Morgan fingerprint density at radius 3 is 2.56 bits per heavy atom. The fourth-order valence-corrected chi connectivity index (χ4v) is 3.48. The molecule has 7 heteroatoms. The van der Waals surface area contributed by atoms with Gasteiger partial charge >= 0.3 is 0 Å². The first-order chi connectivity index (χ1) is 11.8. The van der Waals surface area contributed by atoms with Crippen LogP contribution in [0.2, 0.25) is 0 Å². The lowest BCUT2D eigenvalue weighted by atomic mass is 10.0. The molecule has 0 atom stereocenters. The molecule has 0 fully saturated rings. The van der Waals surface area contributed by atoms with Crippen LogP contribution in [0.3, 0.4) is 0 Å². The van der Waals surface area contributed by atoms with Crippen molar-refractivity contribution in [2.24, 2.45) is 0 Å². The molecule has 1 aliphatic rings. The van der Waals surface area contributed by atoms with Gasteiger partial charge < -0.3 is 0 Å². The van der Waals surface area contributed by atoms with Crippen molar-refractivity contribution in [3.05, 3.63) is 52.8 Å². The van der Waals surface area contributed by atoms with Crippen molar-refractivity contribution < 1.29 is 8.42 Å². The maximum Gasteiger partial charge on any atom is 0.209 e. The number of fused-ring (bicyclic) bond motifs is 1. The Morgan fingerprint density at radius 1 is 1.20 bits per heavy atom. The topological polar surface area (TPSA) is 67.2 Å². The standard InChI is InChI=1S/C18H26N4O2S/c1-14(2)16-6-4-15(5-7-16)12-21-8-9-22-18(13-21)10-17(20-22)11-19-25(3,23)24/h4-7,10,14,19H,8-9,11-13H2,1-3H3. The van der Waals surface area contributed by atoms with Crippen LogP contribution in [0.25, 0.3) is 0 Å². The van der Waals surface area contributed by atoms with Gasteiger partial charge in [-0.1, -0.05) is 38.1 Å². The summed E-state index contributed by atoms with van der Waals surface area (Å²) in [5.41, 5.74) is 4.58. The van der Waals surface area contributed by atoms with Gasteiger partial charge in [0.1, 0.15) is 0 Å². The molecule has 1 aromatic carbocycles. The first-order valence-corrected chi connectivity index (χ1v) is 10.5. The van der Waals surface area contributed by atoms with Gasteiger partial charge in [-0.15, -0.1) is 0 Å². The number of nitrogens with zero attached hydrogens (tertiary/aromatic N) is 3. The van der Waals surface area contributed by atoms with Crippen LogP contribution in [-0.2, 0) is 36.2 Å². The molecule has 6 nitrogen and oxygen atoms in total. The van der Waals surface area contributed by atoms with E-state index in [0.717, 1.165) is 43.8 Å². The second-order valence-corrected chi connectivity index (χ2v) is 8.88. The molecule has 0 saturated carbocycles. The van der Waals surface area contributed by atoms with Gasteiger partial charge in [0.15, 0.2) is 0 Å². The first kappa shape index (κ1) is 18.1. The van der Waals surface area contributed by atoms with Gasteiger partial charge in [0.25, 0.3) is 0 Å². The van der Waals surface area contributed by atoms with E-state index in [1.54, 1.807) is 0 Å². The Balaban J connectivity index is 1.62. The van der Waals surface area contributed by atoms with Crippen molar-refractivity contribution in [2.75, 3.05) is 12.8 Å². The van der Waals surface area contributed by atoms with E-state index in [9.17, 15) is 8.42 Å². The molecular weight excluding hydrogens is 336 g/mol. The van der Waals surface area contributed by atoms with E-state index < -0.39 is 10.0 Å². The molecule has 3 rings (SSSR count). The molecule has 1 N–H and O–H groups in total. The minimum absolute atomic E-state index is 0.246. The minimum Gasteiger partial charge on any atom is -0.291 e. The van der Waals surface area contributed by atoms with Crippen LogP contribution in [0.5, 0.6) is 0 Å². The van der Waals surface area contributed by atoms with Gasteiger partial charge in [0.05, 0.1) is 30.7 Å². The number of hydrogen-bond acceptors (Lipinski definition) is 4. The summed E-state index contributed by atoms with van der Waals surface area (Å²) in [5, 5.41) is 4.49. The van der Waals surface area contributed by atoms with Gasteiger partial charge in [-0.2, -0.15) is 5.10 Å². The van der Waals surface area contributed by atoms with E-state index >= 15 is 0 Å². The van der Waals surface area contributed by atoms with Crippen LogP contribution in [0.15, 0.2) is 30.3 Å². The highest BCUT2D eigenvalue weighted by Gasteiger charge is 2.19. The Bertz CT molecular complexity index is 825. The van der Waals surface area contributed by atoms with Gasteiger partial charge in [0, 0.05) is 19.6 Å². The van der Waals surface area contributed by atoms with E-state index in [4.69, 9.17) is 0 Å². The molecule has 0 saturated heterocycles. The second kappa shape index (κ2) is 7.27. The van der Waals surface area contributed by atoms with Crippen LogP contribution < -0.4 is 4.72 Å². The summed E-state index contributed by atoms with van der Waals surface area (Å²) >= 11 is 0. The van der Waals surface area contributed by atoms with Gasteiger partial charge in [-0.25, -0.2) is 13.1 Å². The highest BCUT2D eigenvalue weighted by atomic mass is 32.2. The normalized spacial score (nSPS) is 15.5. The molecular formula is C18H26N4O2S. The Kier molecular flexibility index (Phi) is 5.27. The molecule has 136 valence electrons. The number of hydrogen-bond donors (Lipinski definition) is 1. The highest BCUT2D eigenvalue weighted by Crippen LogP contribution is 2.19. The quantitative estimate of drug-likeness (QED) is 0.854. The first-order valence-electron chi connectivity index (χ1n) is 8.61. The third kappa shape index (κ3) is 4.90. The average molecular weight is 362 g/mol. The third-order valence-corrected chi connectivity index (χ3v) is 5.16. The molecule has 25 heavy (non-hydrogen) atoms.